The van der Waals surface area contributed by atoms with Crippen molar-refractivity contribution in [3.63, 3.8) is 0 Å². The van der Waals surface area contributed by atoms with E-state index in [1.54, 1.807) is 0 Å². The number of nitrogens with one attached hydrogen (secondary N) is 1. The predicted octanol–water partition coefficient (Wildman–Crippen LogP) is 2.90. The molecule has 2 atom stereocenters. The third-order valence-corrected chi connectivity index (χ3v) is 5.61. The lowest BCUT2D eigenvalue weighted by molar-refractivity contribution is -0.133. The normalized spacial score (nSPS) is 20.7. The predicted molar refractivity (Wildman–Crippen MR) is 101 cm³/mol. The second-order valence-corrected chi connectivity index (χ2v) is 7.45. The SMILES string of the molecule is Cc1ccc([C@@H](C)C(=O)N2CCC[C@@H]2c2ncc3c(n2)CCNC3)cc1. The van der Waals surface area contributed by atoms with E-state index in [1.807, 2.05) is 18.0 Å². The molecule has 1 fully saturated rings. The van der Waals surface area contributed by atoms with Gasteiger partial charge < -0.3 is 10.2 Å². The highest BCUT2D eigenvalue weighted by atomic mass is 16.2. The molecular weight excluding hydrogens is 324 g/mol. The number of nitrogens with zero attached hydrogens (tertiary/aromatic N) is 3. The Balaban J connectivity index is 1.56. The second kappa shape index (κ2) is 7.16. The first-order valence-electron chi connectivity index (χ1n) is 9.56. The number of rotatable bonds is 3. The van der Waals surface area contributed by atoms with Crippen molar-refractivity contribution in [2.24, 2.45) is 0 Å². The summed E-state index contributed by atoms with van der Waals surface area (Å²) in [5.74, 6) is 0.852. The molecule has 2 aromatic rings. The maximum absolute atomic E-state index is 13.2. The number of amides is 1. The van der Waals surface area contributed by atoms with Crippen LogP contribution in [0.5, 0.6) is 0 Å². The molecule has 0 unspecified atom stereocenters. The summed E-state index contributed by atoms with van der Waals surface area (Å²) < 4.78 is 0. The van der Waals surface area contributed by atoms with Gasteiger partial charge in [-0.15, -0.1) is 0 Å². The molecule has 5 nitrogen and oxygen atoms in total. The smallest absolute Gasteiger partial charge is 0.230 e. The van der Waals surface area contributed by atoms with Crippen LogP contribution in [0.15, 0.2) is 30.5 Å². The summed E-state index contributed by atoms with van der Waals surface area (Å²) in [6.07, 6.45) is 4.84. The lowest BCUT2D eigenvalue weighted by Gasteiger charge is -2.27. The van der Waals surface area contributed by atoms with Crippen molar-refractivity contribution in [3.05, 3.63) is 58.7 Å². The van der Waals surface area contributed by atoms with E-state index >= 15 is 0 Å². The van der Waals surface area contributed by atoms with Gasteiger partial charge in [0.2, 0.25) is 5.91 Å². The van der Waals surface area contributed by atoms with Crippen LogP contribution in [0.3, 0.4) is 0 Å². The van der Waals surface area contributed by atoms with Crippen LogP contribution in [0.2, 0.25) is 0 Å². The lowest BCUT2D eigenvalue weighted by Crippen LogP contribution is -2.35. The first-order chi connectivity index (χ1) is 12.6. The molecule has 0 bridgehead atoms. The van der Waals surface area contributed by atoms with Gasteiger partial charge >= 0.3 is 0 Å². The largest absolute Gasteiger partial charge is 0.332 e. The fraction of sp³-hybridized carbons (Fsp3) is 0.476. The van der Waals surface area contributed by atoms with E-state index in [0.717, 1.165) is 56.0 Å². The molecule has 0 radical (unpaired) electrons. The van der Waals surface area contributed by atoms with Crippen molar-refractivity contribution in [2.75, 3.05) is 13.1 Å². The van der Waals surface area contributed by atoms with Gasteiger partial charge in [-0.25, -0.2) is 9.97 Å². The Bertz CT molecular complexity index is 802. The Labute approximate surface area is 154 Å². The Hall–Kier alpha value is -2.27. The highest BCUT2D eigenvalue weighted by molar-refractivity contribution is 5.84. The van der Waals surface area contributed by atoms with Crippen molar-refractivity contribution in [1.82, 2.24) is 20.2 Å². The Morgan fingerprint density at radius 1 is 1.31 bits per heavy atom. The number of aromatic nitrogens is 2. The van der Waals surface area contributed by atoms with Gasteiger partial charge in [0, 0.05) is 43.5 Å². The van der Waals surface area contributed by atoms with Crippen molar-refractivity contribution in [1.29, 1.82) is 0 Å². The highest BCUT2D eigenvalue weighted by Crippen LogP contribution is 2.33. The fourth-order valence-electron chi connectivity index (χ4n) is 3.96. The first-order valence-corrected chi connectivity index (χ1v) is 9.56. The van der Waals surface area contributed by atoms with E-state index in [9.17, 15) is 4.79 Å². The van der Waals surface area contributed by atoms with E-state index in [4.69, 9.17) is 4.98 Å². The average Bonchev–Trinajstić information content (AvgIpc) is 3.17. The molecule has 2 aliphatic rings. The molecule has 1 saturated heterocycles. The zero-order valence-corrected chi connectivity index (χ0v) is 15.5. The van der Waals surface area contributed by atoms with Gasteiger partial charge in [0.15, 0.2) is 5.82 Å². The molecule has 2 aliphatic heterocycles. The number of likely N-dealkylation sites (tertiary alicyclic amines) is 1. The van der Waals surface area contributed by atoms with Gasteiger partial charge in [-0.05, 0) is 32.3 Å². The summed E-state index contributed by atoms with van der Waals surface area (Å²) in [7, 11) is 0. The van der Waals surface area contributed by atoms with Crippen LogP contribution in [0, 0.1) is 6.92 Å². The first kappa shape index (κ1) is 17.2. The van der Waals surface area contributed by atoms with Crippen LogP contribution in [-0.2, 0) is 17.8 Å². The molecule has 0 aliphatic carbocycles. The summed E-state index contributed by atoms with van der Waals surface area (Å²) in [4.78, 5) is 24.6. The monoisotopic (exact) mass is 350 g/mol. The van der Waals surface area contributed by atoms with Crippen LogP contribution in [0.4, 0.5) is 0 Å². The number of aryl methyl sites for hydroxylation is 1. The summed E-state index contributed by atoms with van der Waals surface area (Å²) >= 11 is 0. The second-order valence-electron chi connectivity index (χ2n) is 7.45. The van der Waals surface area contributed by atoms with Crippen LogP contribution < -0.4 is 5.32 Å². The Kier molecular flexibility index (Phi) is 4.72. The number of benzene rings is 1. The van der Waals surface area contributed by atoms with Gasteiger partial charge in [-0.3, -0.25) is 4.79 Å². The molecule has 1 aromatic heterocycles. The minimum absolute atomic E-state index is 0.00980. The molecule has 1 amide bonds. The Morgan fingerprint density at radius 3 is 2.92 bits per heavy atom. The number of carbonyl (C=O) groups excluding carboxylic acids is 1. The number of hydrogen-bond donors (Lipinski definition) is 1. The quantitative estimate of drug-likeness (QED) is 0.925. The molecule has 26 heavy (non-hydrogen) atoms. The van der Waals surface area contributed by atoms with Crippen LogP contribution in [0.25, 0.3) is 0 Å². The van der Waals surface area contributed by atoms with Crippen molar-refractivity contribution in [3.8, 4) is 0 Å². The molecule has 0 saturated carbocycles. The van der Waals surface area contributed by atoms with Crippen LogP contribution >= 0.6 is 0 Å². The number of carbonyl (C=O) groups is 1. The minimum atomic E-state index is -0.141. The summed E-state index contributed by atoms with van der Waals surface area (Å²) in [5.41, 5.74) is 4.61. The van der Waals surface area contributed by atoms with E-state index in [0.29, 0.717) is 0 Å². The zero-order valence-electron chi connectivity index (χ0n) is 15.5. The molecule has 3 heterocycles. The van der Waals surface area contributed by atoms with Gasteiger partial charge in [-0.1, -0.05) is 29.8 Å². The number of hydrogen-bond acceptors (Lipinski definition) is 4. The minimum Gasteiger partial charge on any atom is -0.332 e. The Morgan fingerprint density at radius 2 is 2.12 bits per heavy atom. The number of fused-ring (bicyclic) bond motifs is 1. The third-order valence-electron chi connectivity index (χ3n) is 5.61. The van der Waals surface area contributed by atoms with E-state index < -0.39 is 0 Å². The molecule has 1 aromatic carbocycles. The summed E-state index contributed by atoms with van der Waals surface area (Å²) in [6.45, 7) is 6.66. The van der Waals surface area contributed by atoms with Crippen molar-refractivity contribution >= 4 is 5.91 Å². The van der Waals surface area contributed by atoms with E-state index in [2.05, 4.69) is 41.5 Å². The van der Waals surface area contributed by atoms with Crippen molar-refractivity contribution in [2.45, 2.75) is 51.6 Å². The highest BCUT2D eigenvalue weighted by Gasteiger charge is 2.34. The van der Waals surface area contributed by atoms with Gasteiger partial charge in [0.1, 0.15) is 0 Å². The van der Waals surface area contributed by atoms with Crippen LogP contribution in [-0.4, -0.2) is 33.9 Å². The molecule has 4 rings (SSSR count). The molecular formula is C21H26N4O. The van der Waals surface area contributed by atoms with Crippen molar-refractivity contribution < 1.29 is 4.79 Å². The van der Waals surface area contributed by atoms with E-state index in [-0.39, 0.29) is 17.9 Å². The van der Waals surface area contributed by atoms with Gasteiger partial charge in [0.25, 0.3) is 0 Å². The van der Waals surface area contributed by atoms with E-state index in [1.165, 1.54) is 11.1 Å². The molecule has 5 heteroatoms. The van der Waals surface area contributed by atoms with Gasteiger partial charge in [0.05, 0.1) is 12.0 Å². The zero-order chi connectivity index (χ0) is 18.1. The average molecular weight is 350 g/mol. The van der Waals surface area contributed by atoms with Crippen LogP contribution in [0.1, 0.15) is 59.9 Å². The maximum atomic E-state index is 13.2. The van der Waals surface area contributed by atoms with Gasteiger partial charge in [-0.2, -0.15) is 0 Å². The standard InChI is InChI=1S/C21H26N4O/c1-14-5-7-16(8-6-14)15(2)21(26)25-11-3-4-19(25)20-23-13-17-12-22-10-9-18(17)24-20/h5-8,13,15,19,22H,3-4,9-12H2,1-2H3/t15-,19-/m1/s1. The summed E-state index contributed by atoms with van der Waals surface area (Å²) in [6, 6.07) is 8.27. The lowest BCUT2D eigenvalue weighted by atomic mass is 9.98. The fourth-order valence-corrected chi connectivity index (χ4v) is 3.96. The molecule has 1 N–H and O–H groups in total. The topological polar surface area (TPSA) is 58.1 Å². The molecule has 136 valence electrons. The maximum Gasteiger partial charge on any atom is 0.230 e. The summed E-state index contributed by atoms with van der Waals surface area (Å²) in [5, 5.41) is 3.35. The molecule has 0 spiro atoms. The third kappa shape index (κ3) is 3.23.